The molecule has 1 fully saturated rings. The van der Waals surface area contributed by atoms with E-state index >= 15 is 0 Å². The fourth-order valence-corrected chi connectivity index (χ4v) is 4.37. The third-order valence-electron chi connectivity index (χ3n) is 4.32. The Balaban J connectivity index is 0.00000264. The Morgan fingerprint density at radius 3 is 2.57 bits per heavy atom. The highest BCUT2D eigenvalue weighted by molar-refractivity contribution is 7.89. The number of nitrogens with one attached hydrogen (secondary N) is 1. The first-order valence-electron chi connectivity index (χ1n) is 7.83. The van der Waals surface area contributed by atoms with Crippen molar-refractivity contribution in [1.82, 2.24) is 4.72 Å². The van der Waals surface area contributed by atoms with Crippen LogP contribution in [-0.4, -0.2) is 26.8 Å². The summed E-state index contributed by atoms with van der Waals surface area (Å²) >= 11 is 0. The molecule has 0 aromatic heterocycles. The molecular formula is C16H25ClN2O3S. The first-order chi connectivity index (χ1) is 10.5. The third kappa shape index (κ3) is 5.01. The molecular weight excluding hydrogens is 336 g/mol. The number of benzene rings is 1. The number of carbonyl (C=O) groups excluding carboxylic acids is 1. The number of hydrogen-bond acceptors (Lipinski definition) is 4. The van der Waals surface area contributed by atoms with Crippen molar-refractivity contribution < 1.29 is 13.2 Å². The summed E-state index contributed by atoms with van der Waals surface area (Å²) in [6.07, 6.45) is 4.63. The molecule has 130 valence electrons. The molecule has 0 bridgehead atoms. The Hall–Kier alpha value is -0.950. The number of nitrogens with two attached hydrogens (primary N) is 1. The van der Waals surface area contributed by atoms with E-state index in [1.165, 1.54) is 12.1 Å². The van der Waals surface area contributed by atoms with E-state index in [0.29, 0.717) is 17.9 Å². The lowest BCUT2D eigenvalue weighted by Crippen LogP contribution is -2.44. The molecule has 5 nitrogen and oxygen atoms in total. The van der Waals surface area contributed by atoms with Crippen molar-refractivity contribution in [3.05, 3.63) is 29.8 Å². The second-order valence-corrected chi connectivity index (χ2v) is 7.53. The Morgan fingerprint density at radius 1 is 1.35 bits per heavy atom. The van der Waals surface area contributed by atoms with Gasteiger partial charge in [0, 0.05) is 24.6 Å². The zero-order valence-corrected chi connectivity index (χ0v) is 15.0. The maximum Gasteiger partial charge on any atom is 0.240 e. The topological polar surface area (TPSA) is 89.3 Å². The molecule has 0 saturated heterocycles. The molecule has 1 aliphatic carbocycles. The van der Waals surface area contributed by atoms with E-state index in [4.69, 9.17) is 5.73 Å². The van der Waals surface area contributed by atoms with Crippen molar-refractivity contribution in [2.75, 3.05) is 6.54 Å². The molecule has 23 heavy (non-hydrogen) atoms. The second-order valence-electron chi connectivity index (χ2n) is 5.81. The van der Waals surface area contributed by atoms with Crippen LogP contribution >= 0.6 is 12.4 Å². The monoisotopic (exact) mass is 360 g/mol. The van der Waals surface area contributed by atoms with Gasteiger partial charge in [-0.15, -0.1) is 12.4 Å². The first-order valence-corrected chi connectivity index (χ1v) is 9.32. The van der Waals surface area contributed by atoms with Crippen LogP contribution in [0.1, 0.15) is 49.4 Å². The van der Waals surface area contributed by atoms with Gasteiger partial charge < -0.3 is 5.73 Å². The molecule has 0 heterocycles. The number of Topliss-reactive ketones (excluding diaryl/α,β-unsaturated/α-hetero) is 1. The number of halogens is 1. The van der Waals surface area contributed by atoms with Crippen LogP contribution in [0.5, 0.6) is 0 Å². The normalized spacial score (nSPS) is 16.8. The number of rotatable bonds is 7. The van der Waals surface area contributed by atoms with E-state index in [9.17, 15) is 13.2 Å². The van der Waals surface area contributed by atoms with Gasteiger partial charge in [0.1, 0.15) is 0 Å². The van der Waals surface area contributed by atoms with Crippen molar-refractivity contribution in [2.45, 2.75) is 50.0 Å². The molecule has 0 spiro atoms. The van der Waals surface area contributed by atoms with Crippen molar-refractivity contribution >= 4 is 28.2 Å². The number of sulfonamides is 1. The van der Waals surface area contributed by atoms with Gasteiger partial charge in [-0.3, -0.25) is 4.79 Å². The summed E-state index contributed by atoms with van der Waals surface area (Å²) in [6.45, 7) is 2.05. The highest BCUT2D eigenvalue weighted by Gasteiger charge is 2.28. The smallest absolute Gasteiger partial charge is 0.240 e. The molecule has 0 aliphatic heterocycles. The largest absolute Gasteiger partial charge is 0.329 e. The molecule has 3 N–H and O–H groups in total. The van der Waals surface area contributed by atoms with E-state index in [0.717, 1.165) is 25.7 Å². The second kappa shape index (κ2) is 8.78. The molecule has 2 rings (SSSR count). The highest BCUT2D eigenvalue weighted by atomic mass is 35.5. The van der Waals surface area contributed by atoms with Gasteiger partial charge in [-0.05, 0) is 30.9 Å². The minimum absolute atomic E-state index is 0. The summed E-state index contributed by atoms with van der Waals surface area (Å²) in [7, 11) is -3.66. The summed E-state index contributed by atoms with van der Waals surface area (Å²) in [5.41, 5.74) is 6.18. The summed E-state index contributed by atoms with van der Waals surface area (Å²) in [4.78, 5) is 11.9. The molecule has 0 radical (unpaired) electrons. The Kier molecular flexibility index (Phi) is 7.67. The summed E-state index contributed by atoms with van der Waals surface area (Å²) < 4.78 is 27.8. The lowest BCUT2D eigenvalue weighted by atomic mass is 9.99. The van der Waals surface area contributed by atoms with Gasteiger partial charge in [0.25, 0.3) is 0 Å². The molecule has 1 unspecified atom stereocenters. The van der Waals surface area contributed by atoms with E-state index in [1.54, 1.807) is 19.1 Å². The van der Waals surface area contributed by atoms with Crippen molar-refractivity contribution in [1.29, 1.82) is 0 Å². The molecule has 1 aliphatic rings. The predicted molar refractivity (Wildman–Crippen MR) is 93.4 cm³/mol. The molecule has 1 aromatic carbocycles. The number of ketones is 1. The Morgan fingerprint density at radius 2 is 2.00 bits per heavy atom. The third-order valence-corrected chi connectivity index (χ3v) is 5.80. The van der Waals surface area contributed by atoms with Gasteiger partial charge in [-0.2, -0.15) is 0 Å². The Bertz CT molecular complexity index is 628. The fourth-order valence-electron chi connectivity index (χ4n) is 3.00. The molecule has 1 atom stereocenters. The molecule has 1 saturated carbocycles. The van der Waals surface area contributed by atoms with Crippen molar-refractivity contribution in [2.24, 2.45) is 11.7 Å². The van der Waals surface area contributed by atoms with Gasteiger partial charge in [-0.25, -0.2) is 13.1 Å². The maximum atomic E-state index is 12.5. The van der Waals surface area contributed by atoms with E-state index < -0.39 is 10.0 Å². The average molecular weight is 361 g/mol. The zero-order valence-electron chi connectivity index (χ0n) is 13.3. The van der Waals surface area contributed by atoms with Gasteiger partial charge in [0.2, 0.25) is 10.0 Å². The van der Waals surface area contributed by atoms with Crippen LogP contribution in [0.2, 0.25) is 0 Å². The summed E-state index contributed by atoms with van der Waals surface area (Å²) in [6, 6.07) is 5.96. The van der Waals surface area contributed by atoms with E-state index in [1.807, 2.05) is 0 Å². The van der Waals surface area contributed by atoms with Crippen molar-refractivity contribution in [3.63, 3.8) is 0 Å². The van der Waals surface area contributed by atoms with Crippen LogP contribution in [0.15, 0.2) is 29.2 Å². The summed E-state index contributed by atoms with van der Waals surface area (Å²) in [5, 5.41) is 0. The molecule has 1 aromatic rings. The fraction of sp³-hybridized carbons (Fsp3) is 0.562. The first kappa shape index (κ1) is 20.1. The van der Waals surface area contributed by atoms with Crippen LogP contribution in [0.3, 0.4) is 0 Å². The Labute approximate surface area is 144 Å². The molecule has 0 amide bonds. The van der Waals surface area contributed by atoms with E-state index in [-0.39, 0.29) is 35.7 Å². The highest BCUT2D eigenvalue weighted by Crippen LogP contribution is 2.28. The lowest BCUT2D eigenvalue weighted by molar-refractivity contribution is 0.0988. The van der Waals surface area contributed by atoms with E-state index in [2.05, 4.69) is 4.72 Å². The van der Waals surface area contributed by atoms with Crippen LogP contribution in [0.4, 0.5) is 0 Å². The van der Waals surface area contributed by atoms with Crippen molar-refractivity contribution in [3.8, 4) is 0 Å². The number of hydrogen-bond donors (Lipinski definition) is 2. The lowest BCUT2D eigenvalue weighted by Gasteiger charge is -2.23. The van der Waals surface area contributed by atoms with Crippen LogP contribution < -0.4 is 10.5 Å². The van der Waals surface area contributed by atoms with Crippen LogP contribution in [-0.2, 0) is 10.0 Å². The van der Waals surface area contributed by atoms with Gasteiger partial charge in [0.05, 0.1) is 4.90 Å². The number of carbonyl (C=O) groups is 1. The molecule has 7 heteroatoms. The van der Waals surface area contributed by atoms with Crippen LogP contribution in [0, 0.1) is 5.92 Å². The predicted octanol–water partition coefficient (Wildman–Crippen LogP) is 2.50. The summed E-state index contributed by atoms with van der Waals surface area (Å²) in [5.74, 6) is 0.239. The SMILES string of the molecule is CCC(=O)c1cccc(S(=O)(=O)NC(CN)C2CCCC2)c1.Cl. The standard InChI is InChI=1S/C16H24N2O3S.ClH/c1-2-16(19)13-8-5-9-14(10-13)22(20,21)18-15(11-17)12-6-3-4-7-12;/h5,8-10,12,15,18H,2-4,6-7,11,17H2,1H3;1H. The average Bonchev–Trinajstić information content (AvgIpc) is 3.06. The minimum Gasteiger partial charge on any atom is -0.329 e. The quantitative estimate of drug-likeness (QED) is 0.731. The van der Waals surface area contributed by atoms with Crippen LogP contribution in [0.25, 0.3) is 0 Å². The zero-order chi connectivity index (χ0) is 16.2. The van der Waals surface area contributed by atoms with Gasteiger partial charge in [0.15, 0.2) is 5.78 Å². The maximum absolute atomic E-state index is 12.5. The van der Waals surface area contributed by atoms with Gasteiger partial charge in [-0.1, -0.05) is 31.9 Å². The van der Waals surface area contributed by atoms with Gasteiger partial charge >= 0.3 is 0 Å². The minimum atomic E-state index is -3.66.